The van der Waals surface area contributed by atoms with Crippen molar-refractivity contribution in [1.29, 1.82) is 0 Å². The van der Waals surface area contributed by atoms with E-state index in [0.717, 1.165) is 158 Å². The van der Waals surface area contributed by atoms with E-state index >= 15 is 0 Å². The Hall–Kier alpha value is -4.33. The lowest BCUT2D eigenvalue weighted by molar-refractivity contribution is -0.134. The first kappa shape index (κ1) is 40.9. The number of aromatic nitrogens is 3. The maximum absolute atomic E-state index is 13.4. The van der Waals surface area contributed by atoms with Crippen LogP contribution in [-0.2, 0) is 24.2 Å². The summed E-state index contributed by atoms with van der Waals surface area (Å²) < 4.78 is 33.6. The summed E-state index contributed by atoms with van der Waals surface area (Å²) in [4.78, 5) is 49.1. The largest absolute Gasteiger partial charge is 0.368 e. The second-order valence-corrected chi connectivity index (χ2v) is 16.4. The summed E-state index contributed by atoms with van der Waals surface area (Å²) in [6.45, 7) is 10.00. The Balaban J connectivity index is 0.000000175. The molecule has 0 bridgehead atoms. The number of benzene rings is 2. The third-order valence-corrected chi connectivity index (χ3v) is 12.8. The minimum absolute atomic E-state index is 0.0480. The van der Waals surface area contributed by atoms with Crippen molar-refractivity contribution in [3.8, 4) is 0 Å². The first-order valence-electron chi connectivity index (χ1n) is 21.0. The van der Waals surface area contributed by atoms with Gasteiger partial charge in [0.2, 0.25) is 5.91 Å². The van der Waals surface area contributed by atoms with Crippen LogP contribution in [0.25, 0.3) is 11.0 Å². The lowest BCUT2D eigenvalue weighted by Crippen LogP contribution is -2.63. The molecule has 2 N–H and O–H groups in total. The molecular formula is C44H57F2N7O4. The smallest absolute Gasteiger partial charge is 0.256 e. The number of hydrogen-bond donors (Lipinski definition) is 1. The number of carbonyl (C=O) groups is 2. The average molecular weight is 786 g/mol. The number of hydrogen-bond acceptors (Lipinski definition) is 9. The van der Waals surface area contributed by atoms with E-state index in [2.05, 4.69) is 19.9 Å². The van der Waals surface area contributed by atoms with E-state index in [4.69, 9.17) is 15.2 Å². The molecule has 11 nitrogen and oxygen atoms in total. The number of ketones is 1. The van der Waals surface area contributed by atoms with Crippen molar-refractivity contribution in [2.75, 3.05) is 52.4 Å². The second kappa shape index (κ2) is 18.5. The Morgan fingerprint density at radius 2 is 1.54 bits per heavy atom. The van der Waals surface area contributed by atoms with Crippen molar-refractivity contribution in [2.24, 2.45) is 5.73 Å². The number of carbonyl (C=O) groups excluding carboxylic acids is 2. The molecule has 0 saturated carbocycles. The molecule has 306 valence electrons. The lowest BCUT2D eigenvalue weighted by Gasteiger charge is -2.48. The number of aryl methyl sites for hydroxylation is 2. The molecule has 3 saturated heterocycles. The zero-order chi connectivity index (χ0) is 39.9. The van der Waals surface area contributed by atoms with E-state index in [0.29, 0.717) is 23.5 Å². The minimum Gasteiger partial charge on any atom is -0.368 e. The molecule has 4 aromatic rings. The quantitative estimate of drug-likeness (QED) is 0.177. The molecule has 3 fully saturated rings. The van der Waals surface area contributed by atoms with Crippen molar-refractivity contribution in [2.45, 2.75) is 108 Å². The second-order valence-electron chi connectivity index (χ2n) is 16.4. The summed E-state index contributed by atoms with van der Waals surface area (Å²) >= 11 is 0. The number of amides is 1. The van der Waals surface area contributed by atoms with Gasteiger partial charge in [0.05, 0.1) is 5.69 Å². The molecule has 0 unspecified atom stereocenters. The fraction of sp³-hybridized carbons (Fsp3) is 0.568. The van der Waals surface area contributed by atoms with Crippen LogP contribution in [0, 0.1) is 18.6 Å². The van der Waals surface area contributed by atoms with Gasteiger partial charge < -0.3 is 20.1 Å². The Morgan fingerprint density at radius 1 is 0.860 bits per heavy atom. The normalized spacial score (nSPS) is 19.5. The molecule has 13 heteroatoms. The predicted octanol–water partition coefficient (Wildman–Crippen LogP) is 6.18. The molecule has 4 aliphatic rings. The van der Waals surface area contributed by atoms with E-state index in [1.54, 1.807) is 18.2 Å². The summed E-state index contributed by atoms with van der Waals surface area (Å²) in [5.41, 5.74) is 9.28. The van der Waals surface area contributed by atoms with Crippen molar-refractivity contribution in [3.63, 3.8) is 0 Å². The molecule has 8 rings (SSSR count). The van der Waals surface area contributed by atoms with Crippen LogP contribution in [0.15, 0.2) is 51.8 Å². The molecule has 4 aliphatic heterocycles. The molecule has 2 aromatic carbocycles. The van der Waals surface area contributed by atoms with Crippen molar-refractivity contribution in [1.82, 2.24) is 29.4 Å². The lowest BCUT2D eigenvalue weighted by atomic mass is 9.83. The van der Waals surface area contributed by atoms with Crippen molar-refractivity contribution >= 4 is 22.7 Å². The van der Waals surface area contributed by atoms with Crippen LogP contribution in [0.5, 0.6) is 0 Å². The van der Waals surface area contributed by atoms with Crippen LogP contribution >= 0.6 is 0 Å². The number of nitrogens with two attached hydrogens (primary N) is 1. The van der Waals surface area contributed by atoms with Gasteiger partial charge in [0.1, 0.15) is 23.0 Å². The van der Waals surface area contributed by atoms with Gasteiger partial charge in [-0.25, -0.2) is 13.8 Å². The number of piperidine rings is 3. The molecule has 0 aliphatic carbocycles. The molecule has 0 atom stereocenters. The molecule has 2 aromatic heterocycles. The van der Waals surface area contributed by atoms with Crippen LogP contribution in [-0.4, -0.2) is 99.0 Å². The van der Waals surface area contributed by atoms with Crippen LogP contribution < -0.4 is 11.3 Å². The SMILES string of the molecule is Cc1nc2n(c(=O)c1CCN1CCC(c3noc4cc(F)ccc34)CC1)CCCC2.NC(=O)C1(N2CCCCC2)CCN(CCCC(=O)c2ccc(F)cc2)CC1. The highest BCUT2D eigenvalue weighted by Crippen LogP contribution is 2.34. The van der Waals surface area contributed by atoms with Crippen LogP contribution in [0.1, 0.15) is 110 Å². The van der Waals surface area contributed by atoms with Gasteiger partial charge in [-0.15, -0.1) is 0 Å². The van der Waals surface area contributed by atoms with Gasteiger partial charge in [-0.2, -0.15) is 0 Å². The van der Waals surface area contributed by atoms with Crippen LogP contribution in [0.4, 0.5) is 8.78 Å². The molecule has 1 amide bonds. The van der Waals surface area contributed by atoms with Gasteiger partial charge in [-0.05, 0) is 140 Å². The summed E-state index contributed by atoms with van der Waals surface area (Å²) in [6.07, 6.45) is 12.1. The molecule has 0 spiro atoms. The Kier molecular flexibility index (Phi) is 13.3. The van der Waals surface area contributed by atoms with Gasteiger partial charge in [0.15, 0.2) is 11.4 Å². The van der Waals surface area contributed by atoms with E-state index < -0.39 is 5.54 Å². The Morgan fingerprint density at radius 3 is 2.26 bits per heavy atom. The van der Waals surface area contributed by atoms with Gasteiger partial charge in [0.25, 0.3) is 5.56 Å². The molecule has 0 radical (unpaired) electrons. The fourth-order valence-electron chi connectivity index (χ4n) is 9.37. The predicted molar refractivity (Wildman–Crippen MR) is 215 cm³/mol. The zero-order valence-electron chi connectivity index (χ0n) is 33.3. The van der Waals surface area contributed by atoms with Crippen molar-refractivity contribution in [3.05, 3.63) is 92.8 Å². The summed E-state index contributed by atoms with van der Waals surface area (Å²) in [5, 5.41) is 5.15. The number of primary amides is 1. The van der Waals surface area contributed by atoms with Crippen LogP contribution in [0.2, 0.25) is 0 Å². The summed E-state index contributed by atoms with van der Waals surface area (Å²) in [5.74, 6) is 0.510. The highest BCUT2D eigenvalue weighted by molar-refractivity contribution is 5.96. The summed E-state index contributed by atoms with van der Waals surface area (Å²) in [6, 6.07) is 10.4. The van der Waals surface area contributed by atoms with Crippen molar-refractivity contribution < 1.29 is 22.9 Å². The van der Waals surface area contributed by atoms with Crippen LogP contribution in [0.3, 0.4) is 0 Å². The number of fused-ring (bicyclic) bond motifs is 2. The monoisotopic (exact) mass is 785 g/mol. The number of likely N-dealkylation sites (tertiary alicyclic amines) is 3. The van der Waals surface area contributed by atoms with Gasteiger partial charge >= 0.3 is 0 Å². The van der Waals surface area contributed by atoms with E-state index in [-0.39, 0.29) is 28.9 Å². The van der Waals surface area contributed by atoms with Gasteiger partial charge in [-0.3, -0.25) is 23.9 Å². The van der Waals surface area contributed by atoms with Gasteiger partial charge in [0, 0.05) is 73.2 Å². The van der Waals surface area contributed by atoms with Gasteiger partial charge in [-0.1, -0.05) is 11.6 Å². The van der Waals surface area contributed by atoms with E-state index in [9.17, 15) is 23.2 Å². The van der Waals surface area contributed by atoms with E-state index in [1.165, 1.54) is 30.7 Å². The van der Waals surface area contributed by atoms with E-state index in [1.807, 2.05) is 11.5 Å². The number of halogens is 2. The maximum Gasteiger partial charge on any atom is 0.256 e. The first-order valence-corrected chi connectivity index (χ1v) is 21.0. The first-order chi connectivity index (χ1) is 27.6. The highest BCUT2D eigenvalue weighted by Gasteiger charge is 2.45. The summed E-state index contributed by atoms with van der Waals surface area (Å²) in [7, 11) is 0. The Bertz CT molecular complexity index is 2060. The number of nitrogens with zero attached hydrogens (tertiary/aromatic N) is 6. The molecule has 57 heavy (non-hydrogen) atoms. The highest BCUT2D eigenvalue weighted by atomic mass is 19.1. The Labute approximate surface area is 333 Å². The minimum atomic E-state index is -0.485. The zero-order valence-corrected chi connectivity index (χ0v) is 33.3. The number of Topliss-reactive ketones (excluding diaryl/α,β-unsaturated/α-hetero) is 1. The topological polar surface area (TPSA) is 131 Å². The average Bonchev–Trinajstić information content (AvgIpc) is 3.65. The number of rotatable bonds is 11. The molecule has 6 heterocycles. The molecular weight excluding hydrogens is 729 g/mol. The fourth-order valence-corrected chi connectivity index (χ4v) is 9.37. The standard InChI is InChI=1S/C23H27FN4O2.C21H30FN3O2/c1-15-18(23(29)28-10-3-2-4-21(28)25-15)9-13-27-11-7-16(8-12-27)22-19-6-5-17(24)14-20(19)30-26-22;22-18-8-6-17(7-9-18)19(26)5-4-12-24-15-10-21(11-16-24,20(23)27)25-13-2-1-3-14-25/h5-6,14,16H,2-4,7-13H2,1H3;6-9H,1-5,10-16H2,(H2,23,27). The third kappa shape index (κ3) is 9.53. The maximum atomic E-state index is 13.4. The third-order valence-electron chi connectivity index (χ3n) is 12.8.